The fraction of sp³-hybridized carbons (Fsp3) is 0.667. The molecule has 0 heterocycles. The van der Waals surface area contributed by atoms with Crippen molar-refractivity contribution >= 4 is 16.0 Å². The smallest absolute Gasteiger partial charge is 0.322 e. The molecule has 7 heteroatoms. The third kappa shape index (κ3) is 8.39. The molecule has 0 rings (SSSR count). The van der Waals surface area contributed by atoms with E-state index in [1.807, 2.05) is 0 Å². The van der Waals surface area contributed by atoms with Gasteiger partial charge in [-0.2, -0.15) is 0 Å². The molecule has 0 aliphatic carbocycles. The second kappa shape index (κ2) is 7.37. The predicted octanol–water partition coefficient (Wildman–Crippen LogP) is -0.328. The molecule has 0 radical (unpaired) electrons. The summed E-state index contributed by atoms with van der Waals surface area (Å²) in [6, 6.07) is 0. The van der Waals surface area contributed by atoms with E-state index in [1.165, 1.54) is 0 Å². The number of ether oxygens (including phenoxy) is 2. The molecule has 0 bridgehead atoms. The molecule has 0 amide bonds. The number of rotatable bonds is 8. The molecule has 1 N–H and O–H groups in total. The van der Waals surface area contributed by atoms with Crippen LogP contribution in [0.5, 0.6) is 0 Å². The van der Waals surface area contributed by atoms with E-state index >= 15 is 0 Å². The number of nitrogens with one attached hydrogen (secondary N) is 1. The first kappa shape index (κ1) is 15.1. The van der Waals surface area contributed by atoms with Crippen LogP contribution in [-0.4, -0.2) is 47.0 Å². The van der Waals surface area contributed by atoms with E-state index in [0.717, 1.165) is 12.7 Å². The minimum absolute atomic E-state index is 0.118. The lowest BCUT2D eigenvalue weighted by Gasteiger charge is -2.06. The van der Waals surface area contributed by atoms with Crippen LogP contribution in [0, 0.1) is 0 Å². The summed E-state index contributed by atoms with van der Waals surface area (Å²) in [6.45, 7) is 6.17. The highest BCUT2D eigenvalue weighted by molar-refractivity contribution is 7.90. The average molecular weight is 251 g/mol. The van der Waals surface area contributed by atoms with E-state index in [-0.39, 0.29) is 13.2 Å². The second-order valence-electron chi connectivity index (χ2n) is 3.24. The minimum atomic E-state index is -3.62. The lowest BCUT2D eigenvalue weighted by Crippen LogP contribution is -2.33. The molecule has 0 saturated carbocycles. The van der Waals surface area contributed by atoms with Gasteiger partial charge in [0.1, 0.15) is 0 Å². The quantitative estimate of drug-likeness (QED) is 0.363. The van der Waals surface area contributed by atoms with Crippen molar-refractivity contribution in [3.8, 4) is 0 Å². The molecule has 0 aliphatic rings. The fourth-order valence-corrected chi connectivity index (χ4v) is 1.71. The maximum absolute atomic E-state index is 11.2. The van der Waals surface area contributed by atoms with Gasteiger partial charge in [-0.05, 0) is 6.92 Å². The SMILES string of the molecule is C=C(C)COCCNS(=O)(=O)CC(=O)OC. The summed E-state index contributed by atoms with van der Waals surface area (Å²) >= 11 is 0. The topological polar surface area (TPSA) is 81.7 Å². The zero-order valence-electron chi connectivity index (χ0n) is 9.49. The van der Waals surface area contributed by atoms with Crippen LogP contribution in [-0.2, 0) is 24.3 Å². The summed E-state index contributed by atoms with van der Waals surface area (Å²) in [6.07, 6.45) is 0. The highest BCUT2D eigenvalue weighted by Gasteiger charge is 2.15. The van der Waals surface area contributed by atoms with Gasteiger partial charge in [0, 0.05) is 6.54 Å². The Morgan fingerprint density at radius 3 is 2.56 bits per heavy atom. The Morgan fingerprint density at radius 2 is 2.06 bits per heavy atom. The summed E-state index contributed by atoms with van der Waals surface area (Å²) in [7, 11) is -2.49. The van der Waals surface area contributed by atoms with Crippen LogP contribution in [0.1, 0.15) is 6.92 Å². The minimum Gasteiger partial charge on any atom is -0.468 e. The lowest BCUT2D eigenvalue weighted by atomic mass is 10.4. The number of hydrogen-bond donors (Lipinski definition) is 1. The molecule has 0 aromatic rings. The Kier molecular flexibility index (Phi) is 6.95. The summed E-state index contributed by atoms with van der Waals surface area (Å²) < 4.78 is 34.0. The first-order valence-electron chi connectivity index (χ1n) is 4.63. The number of carbonyl (C=O) groups is 1. The molecule has 0 unspecified atom stereocenters. The number of esters is 1. The van der Waals surface area contributed by atoms with E-state index in [1.54, 1.807) is 6.92 Å². The summed E-state index contributed by atoms with van der Waals surface area (Å²) in [5.74, 6) is -1.47. The van der Waals surface area contributed by atoms with E-state index in [9.17, 15) is 13.2 Å². The second-order valence-corrected chi connectivity index (χ2v) is 5.05. The first-order chi connectivity index (χ1) is 7.37. The molecule has 0 atom stereocenters. The van der Waals surface area contributed by atoms with Gasteiger partial charge in [-0.1, -0.05) is 12.2 Å². The van der Waals surface area contributed by atoms with Gasteiger partial charge in [-0.3, -0.25) is 4.79 Å². The summed E-state index contributed by atoms with van der Waals surface area (Å²) in [5.41, 5.74) is 0.859. The van der Waals surface area contributed by atoms with E-state index in [2.05, 4.69) is 16.0 Å². The standard InChI is InChI=1S/C9H17NO5S/c1-8(2)6-15-5-4-10-16(12,13)7-9(11)14-3/h10H,1,4-7H2,2-3H3. The fourth-order valence-electron chi connectivity index (χ4n) is 0.781. The van der Waals surface area contributed by atoms with Crippen molar-refractivity contribution in [2.75, 3.05) is 32.6 Å². The summed E-state index contributed by atoms with van der Waals surface area (Å²) in [5, 5.41) is 0. The first-order valence-corrected chi connectivity index (χ1v) is 6.29. The van der Waals surface area contributed by atoms with Crippen molar-refractivity contribution < 1.29 is 22.7 Å². The Hall–Kier alpha value is -0.920. The molecule has 94 valence electrons. The molecule has 6 nitrogen and oxygen atoms in total. The average Bonchev–Trinajstić information content (AvgIpc) is 2.15. The molecule has 0 aliphatic heterocycles. The Morgan fingerprint density at radius 1 is 1.44 bits per heavy atom. The molecule has 16 heavy (non-hydrogen) atoms. The van der Waals surface area contributed by atoms with Crippen molar-refractivity contribution in [2.24, 2.45) is 0 Å². The van der Waals surface area contributed by atoms with Gasteiger partial charge in [0.15, 0.2) is 5.75 Å². The maximum atomic E-state index is 11.2. The van der Waals surface area contributed by atoms with Gasteiger partial charge in [-0.15, -0.1) is 0 Å². The van der Waals surface area contributed by atoms with Crippen LogP contribution >= 0.6 is 0 Å². The van der Waals surface area contributed by atoms with Gasteiger partial charge >= 0.3 is 5.97 Å². The van der Waals surface area contributed by atoms with Crippen molar-refractivity contribution in [2.45, 2.75) is 6.92 Å². The molecule has 0 fully saturated rings. The number of methoxy groups -OCH3 is 1. The predicted molar refractivity (Wildman–Crippen MR) is 59.4 cm³/mol. The van der Waals surface area contributed by atoms with Gasteiger partial charge in [-0.25, -0.2) is 13.1 Å². The van der Waals surface area contributed by atoms with Crippen LogP contribution < -0.4 is 4.72 Å². The highest BCUT2D eigenvalue weighted by atomic mass is 32.2. The third-order valence-corrected chi connectivity index (χ3v) is 2.71. The van der Waals surface area contributed by atoms with Gasteiger partial charge < -0.3 is 9.47 Å². The molecule has 0 saturated heterocycles. The third-order valence-electron chi connectivity index (χ3n) is 1.45. The van der Waals surface area contributed by atoms with Gasteiger partial charge in [0.2, 0.25) is 10.0 Å². The number of hydrogen-bond acceptors (Lipinski definition) is 5. The highest BCUT2D eigenvalue weighted by Crippen LogP contribution is 1.89. The lowest BCUT2D eigenvalue weighted by molar-refractivity contribution is -0.137. The van der Waals surface area contributed by atoms with Crippen molar-refractivity contribution in [1.29, 1.82) is 0 Å². The zero-order chi connectivity index (χ0) is 12.6. The zero-order valence-corrected chi connectivity index (χ0v) is 10.3. The Bertz CT molecular complexity index is 336. The molecular weight excluding hydrogens is 234 g/mol. The number of carbonyl (C=O) groups excluding carboxylic acids is 1. The molecular formula is C9H17NO5S. The summed E-state index contributed by atoms with van der Waals surface area (Å²) in [4.78, 5) is 10.7. The van der Waals surface area contributed by atoms with E-state index in [0.29, 0.717) is 6.61 Å². The number of sulfonamides is 1. The van der Waals surface area contributed by atoms with E-state index in [4.69, 9.17) is 4.74 Å². The molecule has 0 aromatic heterocycles. The van der Waals surface area contributed by atoms with Crippen molar-refractivity contribution in [3.05, 3.63) is 12.2 Å². The van der Waals surface area contributed by atoms with Crippen LogP contribution in [0.3, 0.4) is 0 Å². The Balaban J connectivity index is 3.75. The van der Waals surface area contributed by atoms with Crippen LogP contribution in [0.15, 0.2) is 12.2 Å². The maximum Gasteiger partial charge on any atom is 0.322 e. The monoisotopic (exact) mass is 251 g/mol. The molecule has 0 aromatic carbocycles. The largest absolute Gasteiger partial charge is 0.468 e. The van der Waals surface area contributed by atoms with Crippen LogP contribution in [0.25, 0.3) is 0 Å². The van der Waals surface area contributed by atoms with Crippen LogP contribution in [0.2, 0.25) is 0 Å². The normalized spacial score (nSPS) is 11.1. The van der Waals surface area contributed by atoms with Crippen molar-refractivity contribution in [3.63, 3.8) is 0 Å². The van der Waals surface area contributed by atoms with Crippen molar-refractivity contribution in [1.82, 2.24) is 4.72 Å². The van der Waals surface area contributed by atoms with E-state index < -0.39 is 21.7 Å². The van der Waals surface area contributed by atoms with Crippen LogP contribution in [0.4, 0.5) is 0 Å². The molecule has 0 spiro atoms. The van der Waals surface area contributed by atoms with Gasteiger partial charge in [0.25, 0.3) is 0 Å². The van der Waals surface area contributed by atoms with Gasteiger partial charge in [0.05, 0.1) is 20.3 Å². The Labute approximate surface area is 95.7 Å².